The van der Waals surface area contributed by atoms with E-state index in [4.69, 9.17) is 11.6 Å². The van der Waals surface area contributed by atoms with Crippen LogP contribution in [0.25, 0.3) is 0 Å². The lowest BCUT2D eigenvalue weighted by molar-refractivity contribution is 0.0992. The molecule has 102 valence electrons. The molecule has 0 spiro atoms. The molecule has 20 heavy (non-hydrogen) atoms. The molecule has 0 aromatic heterocycles. The molecule has 0 radical (unpaired) electrons. The van der Waals surface area contributed by atoms with E-state index in [1.165, 1.54) is 12.1 Å². The van der Waals surface area contributed by atoms with Gasteiger partial charge in [-0.05, 0) is 42.3 Å². The molecular formula is C16H13ClFNO. The number of hydrogen-bond acceptors (Lipinski definition) is 2. The number of carbonyl (C=O) groups is 1. The van der Waals surface area contributed by atoms with E-state index in [0.717, 1.165) is 24.2 Å². The van der Waals surface area contributed by atoms with E-state index in [-0.39, 0.29) is 17.8 Å². The standard InChI is InChI=1S/C16H13ClFNO/c17-13-2-1-3-14(18)12(13)9-16(20)11-4-5-15-10(8-11)6-7-19-15/h1-5,8,19H,6-7,9H2. The Morgan fingerprint density at radius 2 is 2.15 bits per heavy atom. The summed E-state index contributed by atoms with van der Waals surface area (Å²) in [5.74, 6) is -0.555. The Bertz CT molecular complexity index is 664. The maximum Gasteiger partial charge on any atom is 0.167 e. The van der Waals surface area contributed by atoms with Gasteiger partial charge in [-0.1, -0.05) is 17.7 Å². The average molecular weight is 290 g/mol. The van der Waals surface area contributed by atoms with E-state index in [9.17, 15) is 9.18 Å². The summed E-state index contributed by atoms with van der Waals surface area (Å²) >= 11 is 5.95. The fourth-order valence-corrected chi connectivity index (χ4v) is 2.67. The molecule has 0 aliphatic carbocycles. The highest BCUT2D eigenvalue weighted by Gasteiger charge is 2.16. The molecular weight excluding hydrogens is 277 g/mol. The van der Waals surface area contributed by atoms with Crippen LogP contribution in [0.3, 0.4) is 0 Å². The Morgan fingerprint density at radius 1 is 1.30 bits per heavy atom. The van der Waals surface area contributed by atoms with Gasteiger partial charge in [0.1, 0.15) is 5.82 Å². The molecule has 0 amide bonds. The van der Waals surface area contributed by atoms with Crippen LogP contribution in [0.1, 0.15) is 21.5 Å². The first kappa shape index (κ1) is 13.1. The monoisotopic (exact) mass is 289 g/mol. The first-order valence-corrected chi connectivity index (χ1v) is 6.86. The van der Waals surface area contributed by atoms with Crippen molar-refractivity contribution in [2.45, 2.75) is 12.8 Å². The van der Waals surface area contributed by atoms with Crippen molar-refractivity contribution in [3.05, 3.63) is 63.9 Å². The lowest BCUT2D eigenvalue weighted by Crippen LogP contribution is -2.06. The number of ketones is 1. The van der Waals surface area contributed by atoms with Crippen molar-refractivity contribution in [3.8, 4) is 0 Å². The van der Waals surface area contributed by atoms with Gasteiger partial charge in [0.25, 0.3) is 0 Å². The Hall–Kier alpha value is -1.87. The number of benzene rings is 2. The number of rotatable bonds is 3. The van der Waals surface area contributed by atoms with Crippen LogP contribution in [-0.4, -0.2) is 12.3 Å². The molecule has 1 aliphatic rings. The number of carbonyl (C=O) groups excluding carboxylic acids is 1. The first-order valence-electron chi connectivity index (χ1n) is 6.48. The average Bonchev–Trinajstić information content (AvgIpc) is 2.90. The zero-order valence-electron chi connectivity index (χ0n) is 10.7. The molecule has 0 bridgehead atoms. The Balaban J connectivity index is 1.86. The fraction of sp³-hybridized carbons (Fsp3) is 0.188. The minimum Gasteiger partial charge on any atom is -0.384 e. The lowest BCUT2D eigenvalue weighted by atomic mass is 10.00. The van der Waals surface area contributed by atoms with Gasteiger partial charge in [0, 0.05) is 34.8 Å². The number of anilines is 1. The van der Waals surface area contributed by atoms with Gasteiger partial charge in [-0.3, -0.25) is 4.79 Å². The summed E-state index contributed by atoms with van der Waals surface area (Å²) in [6.45, 7) is 0.895. The van der Waals surface area contributed by atoms with Crippen LogP contribution in [0.5, 0.6) is 0 Å². The molecule has 1 aliphatic heterocycles. The van der Waals surface area contributed by atoms with Crippen LogP contribution in [0.2, 0.25) is 5.02 Å². The van der Waals surface area contributed by atoms with Gasteiger partial charge in [-0.15, -0.1) is 0 Å². The molecule has 2 aromatic rings. The highest BCUT2D eigenvalue weighted by molar-refractivity contribution is 6.31. The summed E-state index contributed by atoms with van der Waals surface area (Å²) in [6.07, 6.45) is 0.897. The summed E-state index contributed by atoms with van der Waals surface area (Å²) in [5, 5.41) is 3.53. The predicted octanol–water partition coefficient (Wildman–Crippen LogP) is 3.87. The highest BCUT2D eigenvalue weighted by atomic mass is 35.5. The second-order valence-corrected chi connectivity index (χ2v) is 5.26. The number of Topliss-reactive ketones (excluding diaryl/α,β-unsaturated/α-hetero) is 1. The van der Waals surface area contributed by atoms with E-state index >= 15 is 0 Å². The molecule has 2 aromatic carbocycles. The van der Waals surface area contributed by atoms with Crippen molar-refractivity contribution in [1.82, 2.24) is 0 Å². The molecule has 0 fully saturated rings. The van der Waals surface area contributed by atoms with Crippen molar-refractivity contribution in [2.24, 2.45) is 0 Å². The molecule has 0 atom stereocenters. The fourth-order valence-electron chi connectivity index (χ4n) is 2.44. The number of halogens is 2. The Morgan fingerprint density at radius 3 is 2.95 bits per heavy atom. The topological polar surface area (TPSA) is 29.1 Å². The summed E-state index contributed by atoms with van der Waals surface area (Å²) in [5.41, 5.74) is 3.07. The largest absolute Gasteiger partial charge is 0.384 e. The van der Waals surface area contributed by atoms with E-state index in [2.05, 4.69) is 5.32 Å². The molecule has 1 heterocycles. The van der Waals surface area contributed by atoms with Crippen molar-refractivity contribution in [1.29, 1.82) is 0 Å². The quantitative estimate of drug-likeness (QED) is 0.869. The predicted molar refractivity (Wildman–Crippen MR) is 78.1 cm³/mol. The highest BCUT2D eigenvalue weighted by Crippen LogP contribution is 2.25. The van der Waals surface area contributed by atoms with Crippen molar-refractivity contribution < 1.29 is 9.18 Å². The zero-order valence-corrected chi connectivity index (χ0v) is 11.5. The number of nitrogens with one attached hydrogen (secondary N) is 1. The third kappa shape index (κ3) is 2.41. The van der Waals surface area contributed by atoms with E-state index in [1.807, 2.05) is 12.1 Å². The summed E-state index contributed by atoms with van der Waals surface area (Å²) in [4.78, 5) is 12.3. The second kappa shape index (κ2) is 5.25. The van der Waals surface area contributed by atoms with Crippen LogP contribution >= 0.6 is 11.6 Å². The Kier molecular flexibility index (Phi) is 3.45. The summed E-state index contributed by atoms with van der Waals surface area (Å²) in [7, 11) is 0. The molecule has 0 saturated carbocycles. The third-order valence-corrected chi connectivity index (χ3v) is 3.89. The van der Waals surface area contributed by atoms with Crippen molar-refractivity contribution in [2.75, 3.05) is 11.9 Å². The summed E-state index contributed by atoms with van der Waals surface area (Å²) < 4.78 is 13.7. The first-order chi connectivity index (χ1) is 9.65. The third-order valence-electron chi connectivity index (χ3n) is 3.54. The van der Waals surface area contributed by atoms with E-state index in [0.29, 0.717) is 10.6 Å². The van der Waals surface area contributed by atoms with Crippen LogP contribution < -0.4 is 5.32 Å². The van der Waals surface area contributed by atoms with Gasteiger partial charge in [-0.25, -0.2) is 4.39 Å². The number of fused-ring (bicyclic) bond motifs is 1. The van der Waals surface area contributed by atoms with Gasteiger partial charge in [0.05, 0.1) is 0 Å². The van der Waals surface area contributed by atoms with Gasteiger partial charge >= 0.3 is 0 Å². The van der Waals surface area contributed by atoms with Crippen molar-refractivity contribution in [3.63, 3.8) is 0 Å². The SMILES string of the molecule is O=C(Cc1c(F)cccc1Cl)c1ccc2c(c1)CCN2. The normalized spacial score (nSPS) is 12.9. The summed E-state index contributed by atoms with van der Waals surface area (Å²) in [6, 6.07) is 10.0. The number of hydrogen-bond donors (Lipinski definition) is 1. The lowest BCUT2D eigenvalue weighted by Gasteiger charge is -2.07. The van der Waals surface area contributed by atoms with Crippen LogP contribution in [0.4, 0.5) is 10.1 Å². The maximum atomic E-state index is 13.7. The molecule has 1 N–H and O–H groups in total. The smallest absolute Gasteiger partial charge is 0.167 e. The minimum absolute atomic E-state index is 0.0161. The molecule has 4 heteroatoms. The molecule has 2 nitrogen and oxygen atoms in total. The van der Waals surface area contributed by atoms with Crippen LogP contribution in [-0.2, 0) is 12.8 Å². The van der Waals surface area contributed by atoms with Crippen LogP contribution in [0, 0.1) is 5.82 Å². The van der Waals surface area contributed by atoms with E-state index < -0.39 is 5.82 Å². The minimum atomic E-state index is -0.436. The maximum absolute atomic E-state index is 13.7. The van der Waals surface area contributed by atoms with Gasteiger partial charge < -0.3 is 5.32 Å². The van der Waals surface area contributed by atoms with Gasteiger partial charge in [0.2, 0.25) is 0 Å². The van der Waals surface area contributed by atoms with Crippen molar-refractivity contribution >= 4 is 23.1 Å². The molecule has 3 rings (SSSR count). The van der Waals surface area contributed by atoms with E-state index in [1.54, 1.807) is 12.1 Å². The van der Waals surface area contributed by atoms with Gasteiger partial charge in [0.15, 0.2) is 5.78 Å². The van der Waals surface area contributed by atoms with Gasteiger partial charge in [-0.2, -0.15) is 0 Å². The zero-order chi connectivity index (χ0) is 14.1. The second-order valence-electron chi connectivity index (χ2n) is 4.85. The Labute approximate surface area is 121 Å². The molecule has 0 unspecified atom stereocenters. The van der Waals surface area contributed by atoms with Crippen LogP contribution in [0.15, 0.2) is 36.4 Å². The molecule has 0 saturated heterocycles.